The minimum absolute atomic E-state index is 0.00869. The van der Waals surface area contributed by atoms with Crippen LogP contribution in [0.4, 0.5) is 0 Å². The summed E-state index contributed by atoms with van der Waals surface area (Å²) in [5, 5.41) is 3.07. The van der Waals surface area contributed by atoms with Gasteiger partial charge in [0.05, 0.1) is 6.04 Å². The van der Waals surface area contributed by atoms with Gasteiger partial charge in [0.25, 0.3) is 11.8 Å². The first kappa shape index (κ1) is 20.9. The molecule has 1 aliphatic heterocycles. The van der Waals surface area contributed by atoms with Crippen molar-refractivity contribution in [1.29, 1.82) is 0 Å². The molecule has 1 heterocycles. The molecule has 3 N–H and O–H groups in total. The lowest BCUT2D eigenvalue weighted by Gasteiger charge is -2.22. The summed E-state index contributed by atoms with van der Waals surface area (Å²) in [6.45, 7) is 4.08. The minimum Gasteiger partial charge on any atom is -0.483 e. The number of nitrogens with two attached hydrogens (primary N) is 1. The third-order valence-electron chi connectivity index (χ3n) is 5.27. The Labute approximate surface area is 172 Å². The van der Waals surface area contributed by atoms with Gasteiger partial charge in [-0.25, -0.2) is 0 Å². The summed E-state index contributed by atoms with van der Waals surface area (Å²) in [6, 6.07) is 14.6. The lowest BCUT2D eigenvalue weighted by molar-refractivity contribution is -0.132. The number of carbonyl (C=O) groups excluding carboxylic acids is 2. The topological polar surface area (TPSA) is 84.7 Å². The third kappa shape index (κ3) is 5.35. The summed E-state index contributed by atoms with van der Waals surface area (Å²) in [4.78, 5) is 26.8. The first-order valence-electron chi connectivity index (χ1n) is 10.2. The number of amides is 2. The lowest BCUT2D eigenvalue weighted by atomic mass is 10.0. The number of para-hydroxylation sites is 1. The summed E-state index contributed by atoms with van der Waals surface area (Å²) in [6.07, 6.45) is 2.81. The van der Waals surface area contributed by atoms with Crippen molar-refractivity contribution in [1.82, 2.24) is 10.2 Å². The molecule has 0 aliphatic carbocycles. The second-order valence-corrected chi connectivity index (χ2v) is 7.25. The fraction of sp³-hybridized carbons (Fsp3) is 0.391. The Morgan fingerprint density at radius 1 is 1.10 bits per heavy atom. The molecule has 0 bridgehead atoms. The number of hydrogen-bond donors (Lipinski definition) is 2. The van der Waals surface area contributed by atoms with Crippen LogP contribution in [0.2, 0.25) is 0 Å². The molecule has 3 rings (SSSR count). The van der Waals surface area contributed by atoms with Crippen LogP contribution >= 0.6 is 0 Å². The molecule has 1 aliphatic rings. The summed E-state index contributed by atoms with van der Waals surface area (Å²) in [5.74, 6) is 0.489. The van der Waals surface area contributed by atoms with Crippen LogP contribution in [0, 0.1) is 0 Å². The van der Waals surface area contributed by atoms with E-state index in [1.165, 1.54) is 0 Å². The van der Waals surface area contributed by atoms with Gasteiger partial charge in [0.1, 0.15) is 5.75 Å². The van der Waals surface area contributed by atoms with E-state index in [-0.39, 0.29) is 24.5 Å². The molecule has 1 atom stereocenters. The number of nitrogens with zero attached hydrogens (tertiary/aromatic N) is 1. The first-order valence-corrected chi connectivity index (χ1v) is 10.2. The lowest BCUT2D eigenvalue weighted by Crippen LogP contribution is -2.32. The number of carbonyl (C=O) groups is 2. The summed E-state index contributed by atoms with van der Waals surface area (Å²) in [7, 11) is 0. The Morgan fingerprint density at radius 2 is 1.79 bits per heavy atom. The van der Waals surface area contributed by atoms with Crippen molar-refractivity contribution in [2.45, 2.75) is 38.8 Å². The highest BCUT2D eigenvalue weighted by atomic mass is 16.5. The zero-order chi connectivity index (χ0) is 20.6. The summed E-state index contributed by atoms with van der Waals surface area (Å²) >= 11 is 0. The predicted octanol–water partition coefficient (Wildman–Crippen LogP) is 3.03. The van der Waals surface area contributed by atoms with Crippen LogP contribution in [0.5, 0.6) is 5.75 Å². The smallest absolute Gasteiger partial charge is 0.260 e. The van der Waals surface area contributed by atoms with Crippen molar-refractivity contribution in [2.75, 3.05) is 19.7 Å². The SMILES string of the molecule is CCC(NC(=O)c1ccc(CN)cc1)c1ccccc1OCC(=O)N1CCCC1. The summed E-state index contributed by atoms with van der Waals surface area (Å²) < 4.78 is 5.86. The molecule has 154 valence electrons. The van der Waals surface area contributed by atoms with E-state index in [4.69, 9.17) is 10.5 Å². The molecule has 0 radical (unpaired) electrons. The van der Waals surface area contributed by atoms with E-state index in [0.717, 1.165) is 37.1 Å². The van der Waals surface area contributed by atoms with Gasteiger partial charge < -0.3 is 20.7 Å². The van der Waals surface area contributed by atoms with Crippen LogP contribution in [-0.2, 0) is 11.3 Å². The van der Waals surface area contributed by atoms with Crippen LogP contribution in [-0.4, -0.2) is 36.4 Å². The van der Waals surface area contributed by atoms with Gasteiger partial charge in [0.15, 0.2) is 6.61 Å². The average Bonchev–Trinajstić information content (AvgIpc) is 3.31. The maximum absolute atomic E-state index is 12.7. The molecule has 2 aromatic carbocycles. The van der Waals surface area contributed by atoms with Gasteiger partial charge in [-0.1, -0.05) is 37.3 Å². The zero-order valence-corrected chi connectivity index (χ0v) is 16.9. The molecular formula is C23H29N3O3. The number of nitrogens with one attached hydrogen (secondary N) is 1. The normalized spacial score (nSPS) is 14.5. The average molecular weight is 396 g/mol. The maximum atomic E-state index is 12.7. The minimum atomic E-state index is -0.213. The Bertz CT molecular complexity index is 830. The fourth-order valence-electron chi connectivity index (χ4n) is 3.53. The standard InChI is InChI=1S/C23H29N3O3/c1-2-20(25-23(28)18-11-9-17(15-24)10-12-18)19-7-3-4-8-21(19)29-16-22(27)26-13-5-6-14-26/h3-4,7-12,20H,2,5-6,13-16,24H2,1H3,(H,25,28). The van der Waals surface area contributed by atoms with Crippen molar-refractivity contribution in [2.24, 2.45) is 5.73 Å². The molecule has 0 aromatic heterocycles. The molecule has 29 heavy (non-hydrogen) atoms. The quantitative estimate of drug-likeness (QED) is 0.720. The van der Waals surface area contributed by atoms with Gasteiger partial charge in [-0.15, -0.1) is 0 Å². The molecule has 6 heteroatoms. The largest absolute Gasteiger partial charge is 0.483 e. The second-order valence-electron chi connectivity index (χ2n) is 7.25. The Morgan fingerprint density at radius 3 is 2.45 bits per heavy atom. The van der Waals surface area contributed by atoms with Gasteiger partial charge in [0.2, 0.25) is 0 Å². The number of hydrogen-bond acceptors (Lipinski definition) is 4. The molecule has 6 nitrogen and oxygen atoms in total. The number of ether oxygens (including phenoxy) is 1. The van der Waals surface area contributed by atoms with E-state index in [1.54, 1.807) is 12.1 Å². The Balaban J connectivity index is 1.68. The molecule has 1 fully saturated rings. The Hall–Kier alpha value is -2.86. The highest BCUT2D eigenvalue weighted by molar-refractivity contribution is 5.94. The second kappa shape index (κ2) is 10.1. The van der Waals surface area contributed by atoms with E-state index in [0.29, 0.717) is 24.3 Å². The van der Waals surface area contributed by atoms with Crippen molar-refractivity contribution in [3.63, 3.8) is 0 Å². The van der Waals surface area contributed by atoms with Crippen LogP contribution in [0.15, 0.2) is 48.5 Å². The van der Waals surface area contributed by atoms with Crippen molar-refractivity contribution < 1.29 is 14.3 Å². The number of likely N-dealkylation sites (tertiary alicyclic amines) is 1. The van der Waals surface area contributed by atoms with E-state index in [2.05, 4.69) is 5.32 Å². The molecule has 2 amide bonds. The van der Waals surface area contributed by atoms with Crippen LogP contribution in [0.1, 0.15) is 53.7 Å². The fourth-order valence-corrected chi connectivity index (χ4v) is 3.53. The van der Waals surface area contributed by atoms with E-state index < -0.39 is 0 Å². The molecule has 0 saturated carbocycles. The maximum Gasteiger partial charge on any atom is 0.260 e. The van der Waals surface area contributed by atoms with Crippen LogP contribution < -0.4 is 15.8 Å². The highest BCUT2D eigenvalue weighted by Crippen LogP contribution is 2.27. The highest BCUT2D eigenvalue weighted by Gasteiger charge is 2.21. The van der Waals surface area contributed by atoms with Crippen molar-refractivity contribution >= 4 is 11.8 Å². The van der Waals surface area contributed by atoms with Crippen LogP contribution in [0.3, 0.4) is 0 Å². The first-order chi connectivity index (χ1) is 14.1. The van der Waals surface area contributed by atoms with Gasteiger partial charge in [-0.3, -0.25) is 9.59 Å². The monoisotopic (exact) mass is 395 g/mol. The molecule has 1 saturated heterocycles. The van der Waals surface area contributed by atoms with Crippen molar-refractivity contribution in [3.8, 4) is 5.75 Å². The van der Waals surface area contributed by atoms with E-state index in [1.807, 2.05) is 48.2 Å². The van der Waals surface area contributed by atoms with Gasteiger partial charge in [-0.2, -0.15) is 0 Å². The summed E-state index contributed by atoms with van der Waals surface area (Å²) in [5.41, 5.74) is 8.06. The molecule has 0 spiro atoms. The predicted molar refractivity (Wildman–Crippen MR) is 113 cm³/mol. The van der Waals surface area contributed by atoms with Gasteiger partial charge in [0, 0.05) is 30.8 Å². The van der Waals surface area contributed by atoms with E-state index in [9.17, 15) is 9.59 Å². The molecule has 2 aromatic rings. The third-order valence-corrected chi connectivity index (χ3v) is 5.27. The number of rotatable bonds is 8. The Kier molecular flexibility index (Phi) is 7.25. The zero-order valence-electron chi connectivity index (χ0n) is 16.9. The molecular weight excluding hydrogens is 366 g/mol. The van der Waals surface area contributed by atoms with Crippen molar-refractivity contribution in [3.05, 3.63) is 65.2 Å². The molecule has 1 unspecified atom stereocenters. The van der Waals surface area contributed by atoms with Gasteiger partial charge >= 0.3 is 0 Å². The van der Waals surface area contributed by atoms with Gasteiger partial charge in [-0.05, 0) is 43.0 Å². The van der Waals surface area contributed by atoms with E-state index >= 15 is 0 Å². The number of benzene rings is 2. The van der Waals surface area contributed by atoms with Crippen LogP contribution in [0.25, 0.3) is 0 Å².